The van der Waals surface area contributed by atoms with Crippen LogP contribution in [-0.2, 0) is 4.79 Å². The van der Waals surface area contributed by atoms with Gasteiger partial charge in [-0.15, -0.1) is 0 Å². The van der Waals surface area contributed by atoms with Gasteiger partial charge in [0.15, 0.2) is 0 Å². The van der Waals surface area contributed by atoms with Gasteiger partial charge in [-0.25, -0.2) is 0 Å². The lowest BCUT2D eigenvalue weighted by Crippen LogP contribution is -2.48. The molecular weight excluding hydrogens is 336 g/mol. The average Bonchev–Trinajstić information content (AvgIpc) is 2.72. The Kier molecular flexibility index (Phi) is 6.17. The van der Waals surface area contributed by atoms with E-state index >= 15 is 0 Å². The van der Waals surface area contributed by atoms with Crippen molar-refractivity contribution in [3.63, 3.8) is 0 Å². The predicted molar refractivity (Wildman–Crippen MR) is 111 cm³/mol. The Hall–Kier alpha value is -2.75. The second-order valence-corrected chi connectivity index (χ2v) is 7.17. The molecule has 0 radical (unpaired) electrons. The summed E-state index contributed by atoms with van der Waals surface area (Å²) in [7, 11) is 1.68. The van der Waals surface area contributed by atoms with E-state index in [1.165, 1.54) is 5.56 Å². The SMILES string of the molecule is COc1cccc(N2CCN(C(=O)/C=C/c3ccc(C(C)C)cc3)CC2)c1. The van der Waals surface area contributed by atoms with Gasteiger partial charge in [0.05, 0.1) is 7.11 Å². The molecule has 0 N–H and O–H groups in total. The van der Waals surface area contributed by atoms with Gasteiger partial charge in [-0.1, -0.05) is 44.2 Å². The number of methoxy groups -OCH3 is 1. The summed E-state index contributed by atoms with van der Waals surface area (Å²) in [6.45, 7) is 7.48. The lowest BCUT2D eigenvalue weighted by Gasteiger charge is -2.35. The summed E-state index contributed by atoms with van der Waals surface area (Å²) in [5.74, 6) is 1.45. The highest BCUT2D eigenvalue weighted by Gasteiger charge is 2.20. The number of rotatable bonds is 5. The molecule has 3 rings (SSSR count). The molecular formula is C23H28N2O2. The van der Waals surface area contributed by atoms with Gasteiger partial charge in [0.25, 0.3) is 0 Å². The Labute approximate surface area is 162 Å². The van der Waals surface area contributed by atoms with Crippen molar-refractivity contribution in [2.24, 2.45) is 0 Å². The Morgan fingerprint density at radius 3 is 2.37 bits per heavy atom. The highest BCUT2D eigenvalue weighted by atomic mass is 16.5. The molecule has 1 heterocycles. The number of nitrogens with zero attached hydrogens (tertiary/aromatic N) is 2. The maximum Gasteiger partial charge on any atom is 0.246 e. The van der Waals surface area contributed by atoms with Crippen molar-refractivity contribution >= 4 is 17.7 Å². The van der Waals surface area contributed by atoms with E-state index in [4.69, 9.17) is 4.74 Å². The van der Waals surface area contributed by atoms with Crippen molar-refractivity contribution in [1.82, 2.24) is 4.90 Å². The monoisotopic (exact) mass is 364 g/mol. The first-order chi connectivity index (χ1) is 13.1. The molecule has 0 aromatic heterocycles. The summed E-state index contributed by atoms with van der Waals surface area (Å²) >= 11 is 0. The minimum absolute atomic E-state index is 0.0771. The van der Waals surface area contributed by atoms with E-state index in [0.717, 1.165) is 43.2 Å². The van der Waals surface area contributed by atoms with E-state index in [-0.39, 0.29) is 5.91 Å². The molecule has 4 nitrogen and oxygen atoms in total. The molecule has 0 bridgehead atoms. The van der Waals surface area contributed by atoms with Gasteiger partial charge in [0, 0.05) is 44.0 Å². The van der Waals surface area contributed by atoms with Crippen LogP contribution < -0.4 is 9.64 Å². The third kappa shape index (κ3) is 4.91. The molecule has 0 atom stereocenters. The molecule has 1 aliphatic heterocycles. The third-order valence-corrected chi connectivity index (χ3v) is 5.03. The molecule has 1 saturated heterocycles. The lowest BCUT2D eigenvalue weighted by molar-refractivity contribution is -0.126. The van der Waals surface area contributed by atoms with E-state index in [9.17, 15) is 4.79 Å². The number of hydrogen-bond donors (Lipinski definition) is 0. The van der Waals surface area contributed by atoms with Gasteiger partial charge in [-0.2, -0.15) is 0 Å². The number of ether oxygens (including phenoxy) is 1. The molecule has 1 aliphatic rings. The molecule has 27 heavy (non-hydrogen) atoms. The smallest absolute Gasteiger partial charge is 0.246 e. The molecule has 0 spiro atoms. The first-order valence-electron chi connectivity index (χ1n) is 9.53. The highest BCUT2D eigenvalue weighted by molar-refractivity contribution is 5.92. The maximum absolute atomic E-state index is 12.5. The summed E-state index contributed by atoms with van der Waals surface area (Å²) in [5, 5.41) is 0. The Bertz CT molecular complexity index is 788. The topological polar surface area (TPSA) is 32.8 Å². The molecule has 142 valence electrons. The van der Waals surface area contributed by atoms with E-state index in [1.807, 2.05) is 29.2 Å². The predicted octanol–water partition coefficient (Wildman–Crippen LogP) is 4.18. The summed E-state index contributed by atoms with van der Waals surface area (Å²) < 4.78 is 5.30. The number of amides is 1. The Morgan fingerprint density at radius 1 is 1.04 bits per heavy atom. The van der Waals surface area contributed by atoms with Gasteiger partial charge in [0.2, 0.25) is 5.91 Å². The number of carbonyl (C=O) groups is 1. The molecule has 0 aliphatic carbocycles. The van der Waals surface area contributed by atoms with Crippen LogP contribution in [-0.4, -0.2) is 44.1 Å². The zero-order valence-electron chi connectivity index (χ0n) is 16.4. The van der Waals surface area contributed by atoms with Crippen LogP contribution in [0.4, 0.5) is 5.69 Å². The molecule has 1 fully saturated rings. The maximum atomic E-state index is 12.5. The molecule has 4 heteroatoms. The van der Waals surface area contributed by atoms with E-state index in [0.29, 0.717) is 5.92 Å². The molecule has 0 unspecified atom stereocenters. The summed E-state index contributed by atoms with van der Waals surface area (Å²) in [6, 6.07) is 16.5. The fourth-order valence-corrected chi connectivity index (χ4v) is 3.26. The van der Waals surface area contributed by atoms with Gasteiger partial charge in [-0.05, 0) is 35.3 Å². The summed E-state index contributed by atoms with van der Waals surface area (Å²) in [4.78, 5) is 16.7. The first-order valence-corrected chi connectivity index (χ1v) is 9.53. The first kappa shape index (κ1) is 19.0. The van der Waals surface area contributed by atoms with Gasteiger partial charge in [0.1, 0.15) is 5.75 Å². The summed E-state index contributed by atoms with van der Waals surface area (Å²) in [5.41, 5.74) is 3.51. The number of benzene rings is 2. The van der Waals surface area contributed by atoms with Gasteiger partial charge < -0.3 is 14.5 Å². The quantitative estimate of drug-likeness (QED) is 0.746. The van der Waals surface area contributed by atoms with Crippen LogP contribution >= 0.6 is 0 Å². The zero-order chi connectivity index (χ0) is 19.2. The standard InChI is InChI=1S/C23H28N2O2/c1-18(2)20-10-7-19(8-11-20)9-12-23(26)25-15-13-24(14-16-25)21-5-4-6-22(17-21)27-3/h4-12,17-18H,13-16H2,1-3H3/b12-9+. The second kappa shape index (κ2) is 8.76. The van der Waals surface area contributed by atoms with Crippen molar-refractivity contribution in [3.8, 4) is 5.75 Å². The van der Waals surface area contributed by atoms with E-state index < -0.39 is 0 Å². The van der Waals surface area contributed by atoms with Crippen LogP contribution in [0.2, 0.25) is 0 Å². The summed E-state index contributed by atoms with van der Waals surface area (Å²) in [6.07, 6.45) is 3.59. The average molecular weight is 364 g/mol. The molecule has 1 amide bonds. The normalized spacial score (nSPS) is 14.8. The lowest BCUT2D eigenvalue weighted by atomic mass is 10.0. The number of hydrogen-bond acceptors (Lipinski definition) is 3. The van der Waals surface area contributed by atoms with Crippen molar-refractivity contribution in [2.45, 2.75) is 19.8 Å². The number of anilines is 1. The van der Waals surface area contributed by atoms with E-state index in [1.54, 1.807) is 13.2 Å². The van der Waals surface area contributed by atoms with Crippen LogP contribution in [0.5, 0.6) is 5.75 Å². The van der Waals surface area contributed by atoms with Gasteiger partial charge >= 0.3 is 0 Å². The van der Waals surface area contributed by atoms with Crippen LogP contribution in [0.3, 0.4) is 0 Å². The number of carbonyl (C=O) groups excluding carboxylic acids is 1. The Balaban J connectivity index is 1.55. The molecule has 2 aromatic carbocycles. The fraction of sp³-hybridized carbons (Fsp3) is 0.348. The van der Waals surface area contributed by atoms with Crippen molar-refractivity contribution in [2.75, 3.05) is 38.2 Å². The van der Waals surface area contributed by atoms with Crippen LogP contribution in [0.25, 0.3) is 6.08 Å². The fourth-order valence-electron chi connectivity index (χ4n) is 3.26. The molecule has 0 saturated carbocycles. The zero-order valence-corrected chi connectivity index (χ0v) is 16.4. The van der Waals surface area contributed by atoms with Crippen molar-refractivity contribution < 1.29 is 9.53 Å². The van der Waals surface area contributed by atoms with Crippen molar-refractivity contribution in [1.29, 1.82) is 0 Å². The Morgan fingerprint density at radius 2 is 1.74 bits per heavy atom. The van der Waals surface area contributed by atoms with Crippen LogP contribution in [0, 0.1) is 0 Å². The van der Waals surface area contributed by atoms with E-state index in [2.05, 4.69) is 49.1 Å². The number of piperazine rings is 1. The highest BCUT2D eigenvalue weighted by Crippen LogP contribution is 2.22. The van der Waals surface area contributed by atoms with Gasteiger partial charge in [-0.3, -0.25) is 4.79 Å². The molecule has 2 aromatic rings. The second-order valence-electron chi connectivity index (χ2n) is 7.17. The van der Waals surface area contributed by atoms with Crippen molar-refractivity contribution in [3.05, 3.63) is 65.7 Å². The van der Waals surface area contributed by atoms with Crippen LogP contribution in [0.15, 0.2) is 54.6 Å². The minimum Gasteiger partial charge on any atom is -0.497 e. The minimum atomic E-state index is 0.0771. The third-order valence-electron chi connectivity index (χ3n) is 5.03. The van der Waals surface area contributed by atoms with Crippen LogP contribution in [0.1, 0.15) is 30.9 Å². The largest absolute Gasteiger partial charge is 0.497 e.